The Kier molecular flexibility index (Phi) is 5.74. The molecule has 1 atom stereocenters. The first kappa shape index (κ1) is 16.7. The normalized spacial score (nSPS) is 14.7. The van der Waals surface area contributed by atoms with Crippen LogP contribution in [0.2, 0.25) is 0 Å². The van der Waals surface area contributed by atoms with E-state index in [9.17, 15) is 18.3 Å². The molecule has 1 unspecified atom stereocenters. The lowest BCUT2D eigenvalue weighted by Crippen LogP contribution is -2.43. The Morgan fingerprint density at radius 1 is 1.15 bits per heavy atom. The van der Waals surface area contributed by atoms with E-state index >= 15 is 0 Å². The van der Waals surface area contributed by atoms with Crippen LogP contribution >= 0.6 is 0 Å². The Morgan fingerprint density at radius 3 is 2.25 bits per heavy atom. The molecule has 0 fully saturated rings. The number of sulfone groups is 1. The summed E-state index contributed by atoms with van der Waals surface area (Å²) in [6, 6.07) is 7.81. The average Bonchev–Trinajstić information content (AvgIpc) is 2.44. The van der Waals surface area contributed by atoms with Gasteiger partial charge in [0.1, 0.15) is 0 Å². The van der Waals surface area contributed by atoms with Crippen molar-refractivity contribution >= 4 is 15.8 Å². The van der Waals surface area contributed by atoms with E-state index in [1.165, 1.54) is 19.1 Å². The number of aliphatic carboxylic acids is 1. The smallest absolute Gasteiger partial charge is 0.325 e. The predicted octanol–water partition coefficient (Wildman–Crippen LogP) is 3.27. The van der Waals surface area contributed by atoms with E-state index in [0.717, 1.165) is 19.3 Å². The zero-order valence-corrected chi connectivity index (χ0v) is 12.8. The molecule has 1 N–H and O–H groups in total. The topological polar surface area (TPSA) is 71.4 Å². The molecule has 0 amide bonds. The van der Waals surface area contributed by atoms with Crippen molar-refractivity contribution in [3.05, 3.63) is 30.3 Å². The number of rotatable bonds is 8. The van der Waals surface area contributed by atoms with Gasteiger partial charge < -0.3 is 5.11 Å². The number of carboxylic acid groups (broad SMARTS) is 1. The van der Waals surface area contributed by atoms with Gasteiger partial charge in [0.15, 0.2) is 14.6 Å². The fourth-order valence-corrected chi connectivity index (χ4v) is 3.78. The van der Waals surface area contributed by atoms with Crippen LogP contribution in [0.3, 0.4) is 0 Å². The first-order valence-electron chi connectivity index (χ1n) is 6.89. The molecule has 0 saturated heterocycles. The summed E-state index contributed by atoms with van der Waals surface area (Å²) in [4.78, 5) is 11.6. The Balaban J connectivity index is 3.03. The summed E-state index contributed by atoms with van der Waals surface area (Å²) in [7, 11) is -3.89. The third kappa shape index (κ3) is 3.39. The maximum absolute atomic E-state index is 12.6. The Labute approximate surface area is 120 Å². The first-order chi connectivity index (χ1) is 9.36. The quantitative estimate of drug-likeness (QED) is 0.748. The van der Waals surface area contributed by atoms with E-state index in [4.69, 9.17) is 0 Å². The molecule has 1 aromatic carbocycles. The lowest BCUT2D eigenvalue weighted by Gasteiger charge is -2.25. The van der Waals surface area contributed by atoms with Crippen molar-refractivity contribution < 1.29 is 18.3 Å². The molecule has 0 saturated carbocycles. The first-order valence-corrected chi connectivity index (χ1v) is 8.37. The highest BCUT2D eigenvalue weighted by Crippen LogP contribution is 2.31. The van der Waals surface area contributed by atoms with Gasteiger partial charge in [-0.05, 0) is 25.5 Å². The summed E-state index contributed by atoms with van der Waals surface area (Å²) >= 11 is 0. The molecule has 0 bridgehead atoms. The Bertz CT molecular complexity index is 536. The van der Waals surface area contributed by atoms with Gasteiger partial charge in [0.25, 0.3) is 0 Å². The molecule has 1 rings (SSSR count). The van der Waals surface area contributed by atoms with Crippen LogP contribution in [0.1, 0.15) is 46.0 Å². The molecule has 0 aromatic heterocycles. The van der Waals surface area contributed by atoms with E-state index in [2.05, 4.69) is 6.92 Å². The monoisotopic (exact) mass is 298 g/mol. The van der Waals surface area contributed by atoms with E-state index in [1.807, 2.05) is 0 Å². The second-order valence-corrected chi connectivity index (χ2v) is 7.54. The number of carboxylic acids is 1. The molecule has 0 aliphatic carbocycles. The Morgan fingerprint density at radius 2 is 1.75 bits per heavy atom. The zero-order valence-electron chi connectivity index (χ0n) is 12.0. The minimum absolute atomic E-state index is 0.0698. The largest absolute Gasteiger partial charge is 0.480 e. The molecule has 1 aromatic rings. The van der Waals surface area contributed by atoms with Crippen LogP contribution < -0.4 is 0 Å². The van der Waals surface area contributed by atoms with E-state index in [-0.39, 0.29) is 11.3 Å². The minimum Gasteiger partial charge on any atom is -0.480 e. The van der Waals surface area contributed by atoms with Crippen molar-refractivity contribution in [3.8, 4) is 0 Å². The van der Waals surface area contributed by atoms with Gasteiger partial charge in [-0.1, -0.05) is 50.8 Å². The number of hydrogen-bond donors (Lipinski definition) is 1. The molecular weight excluding hydrogens is 276 g/mol. The highest BCUT2D eigenvalue weighted by atomic mass is 32.2. The second kappa shape index (κ2) is 6.88. The molecule has 4 nitrogen and oxygen atoms in total. The van der Waals surface area contributed by atoms with Crippen LogP contribution in [0.4, 0.5) is 0 Å². The maximum atomic E-state index is 12.6. The van der Waals surface area contributed by atoms with Gasteiger partial charge in [0, 0.05) is 0 Å². The summed E-state index contributed by atoms with van der Waals surface area (Å²) in [5, 5.41) is 9.41. The van der Waals surface area contributed by atoms with Crippen LogP contribution in [0.25, 0.3) is 0 Å². The third-order valence-electron chi connectivity index (χ3n) is 3.61. The highest BCUT2D eigenvalue weighted by Gasteiger charge is 2.46. The van der Waals surface area contributed by atoms with Gasteiger partial charge in [-0.3, -0.25) is 4.79 Å². The van der Waals surface area contributed by atoms with Gasteiger partial charge in [0.05, 0.1) is 4.90 Å². The van der Waals surface area contributed by atoms with Crippen molar-refractivity contribution in [3.63, 3.8) is 0 Å². The van der Waals surface area contributed by atoms with Crippen molar-refractivity contribution in [2.24, 2.45) is 0 Å². The number of unbranched alkanes of at least 4 members (excludes halogenated alkanes) is 3. The van der Waals surface area contributed by atoms with Crippen molar-refractivity contribution in [1.29, 1.82) is 0 Å². The van der Waals surface area contributed by atoms with Crippen LogP contribution in [-0.2, 0) is 14.6 Å². The predicted molar refractivity (Wildman–Crippen MR) is 78.4 cm³/mol. The van der Waals surface area contributed by atoms with Crippen molar-refractivity contribution in [2.45, 2.75) is 55.6 Å². The summed E-state index contributed by atoms with van der Waals surface area (Å²) in [5.41, 5.74) is 0. The SMILES string of the molecule is CCCCCCC(C)(C(=O)O)S(=O)(=O)c1ccccc1. The number of benzene rings is 1. The molecule has 0 spiro atoms. The molecule has 0 heterocycles. The molecular formula is C15H22O4S. The minimum atomic E-state index is -3.89. The maximum Gasteiger partial charge on any atom is 0.325 e. The summed E-state index contributed by atoms with van der Waals surface area (Å²) < 4.78 is 23.4. The molecule has 0 radical (unpaired) electrons. The van der Waals surface area contributed by atoms with Gasteiger partial charge in [-0.15, -0.1) is 0 Å². The zero-order chi connectivity index (χ0) is 15.2. The van der Waals surface area contributed by atoms with Gasteiger partial charge in [-0.25, -0.2) is 8.42 Å². The lowest BCUT2D eigenvalue weighted by atomic mass is 10.0. The fourth-order valence-electron chi connectivity index (χ4n) is 2.11. The van der Waals surface area contributed by atoms with Crippen molar-refractivity contribution in [2.75, 3.05) is 0 Å². The average molecular weight is 298 g/mol. The number of hydrogen-bond acceptors (Lipinski definition) is 3. The van der Waals surface area contributed by atoms with Crippen LogP contribution in [0, 0.1) is 0 Å². The standard InChI is InChI=1S/C15H22O4S/c1-3-4-5-9-12-15(2,14(16)17)20(18,19)13-10-7-6-8-11-13/h6-8,10-11H,3-5,9,12H2,1-2H3,(H,16,17). The summed E-state index contributed by atoms with van der Waals surface area (Å²) in [6.45, 7) is 3.36. The molecule has 0 aliphatic heterocycles. The van der Waals surface area contributed by atoms with E-state index in [0.29, 0.717) is 6.42 Å². The van der Waals surface area contributed by atoms with Crippen molar-refractivity contribution in [1.82, 2.24) is 0 Å². The van der Waals surface area contributed by atoms with Crippen LogP contribution in [0.5, 0.6) is 0 Å². The molecule has 5 heteroatoms. The lowest BCUT2D eigenvalue weighted by molar-refractivity contribution is -0.139. The third-order valence-corrected chi connectivity index (χ3v) is 6.06. The van der Waals surface area contributed by atoms with Crippen LogP contribution in [0.15, 0.2) is 35.2 Å². The Hall–Kier alpha value is -1.36. The highest BCUT2D eigenvalue weighted by molar-refractivity contribution is 7.93. The summed E-state index contributed by atoms with van der Waals surface area (Å²) in [5.74, 6) is -1.28. The number of carbonyl (C=O) groups is 1. The second-order valence-electron chi connectivity index (χ2n) is 5.16. The van der Waals surface area contributed by atoms with Gasteiger partial charge in [-0.2, -0.15) is 0 Å². The molecule has 112 valence electrons. The van der Waals surface area contributed by atoms with Gasteiger partial charge in [0.2, 0.25) is 0 Å². The molecule has 0 aliphatic rings. The van der Waals surface area contributed by atoms with Crippen LogP contribution in [-0.4, -0.2) is 24.2 Å². The van der Waals surface area contributed by atoms with E-state index in [1.54, 1.807) is 18.2 Å². The molecule has 20 heavy (non-hydrogen) atoms. The van der Waals surface area contributed by atoms with E-state index < -0.39 is 20.6 Å². The summed E-state index contributed by atoms with van der Waals surface area (Å²) in [6.07, 6.45) is 3.60. The fraction of sp³-hybridized carbons (Fsp3) is 0.533. The van der Waals surface area contributed by atoms with Gasteiger partial charge >= 0.3 is 5.97 Å².